The van der Waals surface area contributed by atoms with Gasteiger partial charge in [0.15, 0.2) is 5.03 Å². The monoisotopic (exact) mass is 258 g/mol. The Hall–Kier alpha value is -0.920. The lowest BCUT2D eigenvalue weighted by Crippen LogP contribution is -2.68. The first-order valence-corrected chi connectivity index (χ1v) is 7.12. The van der Waals surface area contributed by atoms with E-state index in [1.807, 2.05) is 6.92 Å². The first-order valence-electron chi connectivity index (χ1n) is 5.68. The van der Waals surface area contributed by atoms with E-state index in [4.69, 9.17) is 5.73 Å². The smallest absolute Gasteiger partial charge is 0.260 e. The van der Waals surface area contributed by atoms with Crippen molar-refractivity contribution in [3.63, 3.8) is 0 Å². The zero-order chi connectivity index (χ0) is 12.7. The Morgan fingerprint density at radius 2 is 2.24 bits per heavy atom. The van der Waals surface area contributed by atoms with Crippen LogP contribution in [0.3, 0.4) is 0 Å². The van der Waals surface area contributed by atoms with Gasteiger partial charge in [-0.05, 0) is 13.3 Å². The lowest BCUT2D eigenvalue weighted by molar-refractivity contribution is 0.146. The summed E-state index contributed by atoms with van der Waals surface area (Å²) in [6.45, 7) is 4.55. The second kappa shape index (κ2) is 4.08. The van der Waals surface area contributed by atoms with Crippen LogP contribution in [0.4, 0.5) is 0 Å². The average Bonchev–Trinajstić information content (AvgIpc) is 2.62. The van der Waals surface area contributed by atoms with Gasteiger partial charge in [0, 0.05) is 18.6 Å². The maximum atomic E-state index is 12.1. The van der Waals surface area contributed by atoms with E-state index in [0.717, 1.165) is 12.8 Å². The number of aromatic nitrogens is 2. The van der Waals surface area contributed by atoms with Crippen LogP contribution in [0.1, 0.15) is 25.6 Å². The minimum absolute atomic E-state index is 0.147. The lowest BCUT2D eigenvalue weighted by Gasteiger charge is -2.46. The number of rotatable bonds is 4. The van der Waals surface area contributed by atoms with Crippen LogP contribution in [0.5, 0.6) is 0 Å². The van der Waals surface area contributed by atoms with E-state index in [2.05, 4.69) is 9.97 Å². The Labute approximate surface area is 101 Å². The summed E-state index contributed by atoms with van der Waals surface area (Å²) in [7, 11) is -3.44. The first-order chi connectivity index (χ1) is 7.87. The molecule has 1 fully saturated rings. The molecule has 1 saturated heterocycles. The normalized spacial score (nSPS) is 20.2. The minimum Gasteiger partial charge on any atom is -0.332 e. The number of nitrogens with two attached hydrogens (primary N) is 1. The predicted octanol–water partition coefficient (Wildman–Crippen LogP) is 0.220. The topological polar surface area (TPSA) is 92.1 Å². The Balaban J connectivity index is 2.11. The van der Waals surface area contributed by atoms with Gasteiger partial charge in [0.2, 0.25) is 0 Å². The molecule has 0 aliphatic carbocycles. The van der Waals surface area contributed by atoms with Crippen molar-refractivity contribution < 1.29 is 8.42 Å². The number of hydrogen-bond donors (Lipinski definition) is 2. The van der Waals surface area contributed by atoms with Crippen LogP contribution in [0.2, 0.25) is 0 Å². The van der Waals surface area contributed by atoms with Crippen LogP contribution in [-0.4, -0.2) is 41.3 Å². The second-order valence-electron chi connectivity index (χ2n) is 4.72. The van der Waals surface area contributed by atoms with Crippen LogP contribution in [0.25, 0.3) is 0 Å². The van der Waals surface area contributed by atoms with Gasteiger partial charge in [-0.2, -0.15) is 4.31 Å². The molecule has 1 aromatic rings. The molecule has 0 saturated carbocycles. The number of imidazole rings is 1. The lowest BCUT2D eigenvalue weighted by atomic mass is 9.89. The number of nitrogens with zero attached hydrogens (tertiary/aromatic N) is 2. The molecule has 7 heteroatoms. The minimum atomic E-state index is -3.44. The van der Waals surface area contributed by atoms with Crippen molar-refractivity contribution in [2.45, 2.75) is 37.3 Å². The number of aryl methyl sites for hydroxylation is 1. The third-order valence-corrected chi connectivity index (χ3v) is 4.73. The van der Waals surface area contributed by atoms with Crippen LogP contribution in [-0.2, 0) is 10.0 Å². The fourth-order valence-corrected chi connectivity index (χ4v) is 3.75. The van der Waals surface area contributed by atoms with Crippen molar-refractivity contribution in [1.29, 1.82) is 0 Å². The first kappa shape index (κ1) is 12.5. The van der Waals surface area contributed by atoms with Gasteiger partial charge < -0.3 is 10.7 Å². The number of hydrogen-bond acceptors (Lipinski definition) is 4. The van der Waals surface area contributed by atoms with Gasteiger partial charge in [0.25, 0.3) is 10.0 Å². The molecule has 3 N–H and O–H groups in total. The van der Waals surface area contributed by atoms with E-state index >= 15 is 0 Å². The average molecular weight is 258 g/mol. The Morgan fingerprint density at radius 3 is 2.71 bits per heavy atom. The molecule has 0 bridgehead atoms. The van der Waals surface area contributed by atoms with Crippen molar-refractivity contribution in [2.75, 3.05) is 13.1 Å². The summed E-state index contributed by atoms with van der Waals surface area (Å²) < 4.78 is 25.6. The van der Waals surface area contributed by atoms with Gasteiger partial charge >= 0.3 is 0 Å². The van der Waals surface area contributed by atoms with Crippen molar-refractivity contribution in [1.82, 2.24) is 14.3 Å². The van der Waals surface area contributed by atoms with Crippen LogP contribution in [0, 0.1) is 6.92 Å². The van der Waals surface area contributed by atoms with Gasteiger partial charge in [0.1, 0.15) is 5.82 Å². The predicted molar refractivity (Wildman–Crippen MR) is 63.9 cm³/mol. The summed E-state index contributed by atoms with van der Waals surface area (Å²) in [6.07, 6.45) is 3.16. The molecular weight excluding hydrogens is 240 g/mol. The van der Waals surface area contributed by atoms with Crippen molar-refractivity contribution in [3.8, 4) is 0 Å². The number of nitrogens with one attached hydrogen (secondary N) is 1. The Kier molecular flexibility index (Phi) is 3.01. The van der Waals surface area contributed by atoms with Crippen LogP contribution in [0.15, 0.2) is 11.2 Å². The molecule has 1 aromatic heterocycles. The fourth-order valence-electron chi connectivity index (χ4n) is 2.15. The number of aromatic amines is 1. The SMILES string of the molecule is CCCC1(N)CN(S(=O)(=O)c2cnc(C)[nH]2)C1. The summed E-state index contributed by atoms with van der Waals surface area (Å²) >= 11 is 0. The molecule has 0 unspecified atom stereocenters. The highest BCUT2D eigenvalue weighted by atomic mass is 32.2. The zero-order valence-corrected chi connectivity index (χ0v) is 10.9. The molecule has 2 heterocycles. The quantitative estimate of drug-likeness (QED) is 0.808. The fraction of sp³-hybridized carbons (Fsp3) is 0.700. The van der Waals surface area contributed by atoms with E-state index < -0.39 is 10.0 Å². The molecule has 0 radical (unpaired) electrons. The molecule has 0 atom stereocenters. The van der Waals surface area contributed by atoms with Crippen molar-refractivity contribution >= 4 is 10.0 Å². The summed E-state index contributed by atoms with van der Waals surface area (Å²) in [5.41, 5.74) is 5.70. The van der Waals surface area contributed by atoms with Gasteiger partial charge in [0.05, 0.1) is 6.20 Å². The largest absolute Gasteiger partial charge is 0.332 e. The molecule has 0 aromatic carbocycles. The van der Waals surface area contributed by atoms with E-state index in [9.17, 15) is 8.42 Å². The third-order valence-electron chi connectivity index (χ3n) is 3.03. The summed E-state index contributed by atoms with van der Waals surface area (Å²) in [4.78, 5) is 6.65. The molecule has 2 rings (SSSR count). The summed E-state index contributed by atoms with van der Waals surface area (Å²) in [5.74, 6) is 0.594. The van der Waals surface area contributed by atoms with E-state index in [0.29, 0.717) is 18.9 Å². The van der Waals surface area contributed by atoms with Crippen molar-refractivity contribution in [3.05, 3.63) is 12.0 Å². The van der Waals surface area contributed by atoms with E-state index in [1.54, 1.807) is 6.92 Å². The van der Waals surface area contributed by atoms with E-state index in [-0.39, 0.29) is 10.6 Å². The molecule has 1 aliphatic heterocycles. The molecule has 1 aliphatic rings. The van der Waals surface area contributed by atoms with Crippen LogP contribution < -0.4 is 5.73 Å². The Morgan fingerprint density at radius 1 is 1.59 bits per heavy atom. The highest BCUT2D eigenvalue weighted by Gasteiger charge is 2.45. The molecule has 6 nitrogen and oxygen atoms in total. The summed E-state index contributed by atoms with van der Waals surface area (Å²) in [5, 5.41) is 0.147. The van der Waals surface area contributed by atoms with Crippen molar-refractivity contribution in [2.24, 2.45) is 5.73 Å². The molecular formula is C10H18N4O2S. The molecule has 0 amide bonds. The van der Waals surface area contributed by atoms with Gasteiger partial charge in [-0.3, -0.25) is 0 Å². The van der Waals surface area contributed by atoms with E-state index in [1.165, 1.54) is 10.5 Å². The van der Waals surface area contributed by atoms with Gasteiger partial charge in [-0.1, -0.05) is 13.3 Å². The highest BCUT2D eigenvalue weighted by Crippen LogP contribution is 2.28. The molecule has 17 heavy (non-hydrogen) atoms. The Bertz CT molecular complexity index is 502. The maximum Gasteiger partial charge on any atom is 0.260 e. The number of H-pyrrole nitrogens is 1. The van der Waals surface area contributed by atoms with Gasteiger partial charge in [-0.25, -0.2) is 13.4 Å². The number of sulfonamides is 1. The van der Waals surface area contributed by atoms with Gasteiger partial charge in [-0.15, -0.1) is 0 Å². The molecule has 96 valence electrons. The zero-order valence-electron chi connectivity index (χ0n) is 10.1. The highest BCUT2D eigenvalue weighted by molar-refractivity contribution is 7.89. The summed E-state index contributed by atoms with van der Waals surface area (Å²) in [6, 6.07) is 0. The second-order valence-corrected chi connectivity index (χ2v) is 6.62. The van der Waals surface area contributed by atoms with Crippen LogP contribution >= 0.6 is 0 Å². The standard InChI is InChI=1S/C10H18N4O2S/c1-3-4-10(11)6-14(7-10)17(15,16)9-5-12-8(2)13-9/h5H,3-4,6-7,11H2,1-2H3,(H,12,13). The molecule has 0 spiro atoms. The maximum absolute atomic E-state index is 12.1. The third kappa shape index (κ3) is 2.22.